The minimum Gasteiger partial charge on any atom is -0.493 e. The largest absolute Gasteiger partial charge is 0.493 e. The topological polar surface area (TPSA) is 39.5 Å². The lowest BCUT2D eigenvalue weighted by Crippen LogP contribution is -2.33. The first-order valence-corrected chi connectivity index (χ1v) is 8.17. The van der Waals surface area contributed by atoms with Crippen LogP contribution >= 0.6 is 0 Å². The van der Waals surface area contributed by atoms with Crippen molar-refractivity contribution in [2.24, 2.45) is 0 Å². The van der Waals surface area contributed by atoms with E-state index >= 15 is 0 Å². The highest BCUT2D eigenvalue weighted by Crippen LogP contribution is 2.29. The van der Waals surface area contributed by atoms with Crippen molar-refractivity contribution >= 4 is 0 Å². The number of nitrogens with zero attached hydrogens (tertiary/aromatic N) is 3. The summed E-state index contributed by atoms with van der Waals surface area (Å²) in [7, 11) is 1.67. The fraction of sp³-hybridized carbons (Fsp3) is 0.500. The Labute approximate surface area is 137 Å². The Morgan fingerprint density at radius 1 is 1.17 bits per heavy atom. The number of imidazole rings is 1. The molecule has 0 bridgehead atoms. The van der Waals surface area contributed by atoms with Gasteiger partial charge in [0.2, 0.25) is 0 Å². The predicted octanol–water partition coefficient (Wildman–Crippen LogP) is 2.92. The third-order valence-corrected chi connectivity index (χ3v) is 4.48. The average molecular weight is 315 g/mol. The summed E-state index contributed by atoms with van der Waals surface area (Å²) in [4.78, 5) is 7.12. The molecule has 2 heterocycles. The molecule has 124 valence electrons. The summed E-state index contributed by atoms with van der Waals surface area (Å²) in [5.41, 5.74) is 3.68. The highest BCUT2D eigenvalue weighted by atomic mass is 16.5. The van der Waals surface area contributed by atoms with Gasteiger partial charge in [-0.15, -0.1) is 0 Å². The van der Waals surface area contributed by atoms with E-state index < -0.39 is 0 Å². The molecule has 0 atom stereocenters. The summed E-state index contributed by atoms with van der Waals surface area (Å²) < 4.78 is 13.4. The van der Waals surface area contributed by atoms with Crippen molar-refractivity contribution < 1.29 is 9.47 Å². The summed E-state index contributed by atoms with van der Waals surface area (Å²) in [5.74, 6) is 2.78. The lowest BCUT2D eigenvalue weighted by Gasteiger charge is -2.28. The second-order valence-electron chi connectivity index (χ2n) is 5.98. The van der Waals surface area contributed by atoms with Crippen LogP contribution in [0.5, 0.6) is 11.5 Å². The Morgan fingerprint density at radius 2 is 2.00 bits per heavy atom. The first-order chi connectivity index (χ1) is 11.1. The SMILES string of the molecule is CCOc1cc(CN2CCn3c(nc(C)c3C)C2)ccc1OC. The minimum absolute atomic E-state index is 0.638. The van der Waals surface area contributed by atoms with Gasteiger partial charge in [-0.2, -0.15) is 0 Å². The molecule has 0 saturated heterocycles. The summed E-state index contributed by atoms with van der Waals surface area (Å²) in [6, 6.07) is 6.18. The van der Waals surface area contributed by atoms with Crippen LogP contribution in [-0.4, -0.2) is 34.7 Å². The lowest BCUT2D eigenvalue weighted by atomic mass is 10.1. The number of benzene rings is 1. The van der Waals surface area contributed by atoms with Crippen LogP contribution in [0.25, 0.3) is 0 Å². The van der Waals surface area contributed by atoms with Crippen molar-refractivity contribution in [3.05, 3.63) is 41.0 Å². The summed E-state index contributed by atoms with van der Waals surface area (Å²) in [6.45, 7) is 10.7. The van der Waals surface area contributed by atoms with Gasteiger partial charge in [0.25, 0.3) is 0 Å². The first kappa shape index (κ1) is 15.9. The van der Waals surface area contributed by atoms with Crippen LogP contribution in [0.1, 0.15) is 29.7 Å². The van der Waals surface area contributed by atoms with Crippen LogP contribution < -0.4 is 9.47 Å². The third kappa shape index (κ3) is 3.20. The van der Waals surface area contributed by atoms with Gasteiger partial charge < -0.3 is 14.0 Å². The zero-order chi connectivity index (χ0) is 16.4. The minimum atomic E-state index is 0.638. The Morgan fingerprint density at radius 3 is 2.74 bits per heavy atom. The maximum Gasteiger partial charge on any atom is 0.161 e. The highest BCUT2D eigenvalue weighted by Gasteiger charge is 2.20. The van der Waals surface area contributed by atoms with E-state index in [1.54, 1.807) is 7.11 Å². The monoisotopic (exact) mass is 315 g/mol. The molecule has 5 heteroatoms. The number of ether oxygens (including phenoxy) is 2. The molecule has 23 heavy (non-hydrogen) atoms. The number of rotatable bonds is 5. The van der Waals surface area contributed by atoms with E-state index in [-0.39, 0.29) is 0 Å². The van der Waals surface area contributed by atoms with Crippen LogP contribution in [0.3, 0.4) is 0 Å². The molecule has 0 radical (unpaired) electrons. The number of fused-ring (bicyclic) bond motifs is 1. The summed E-state index contributed by atoms with van der Waals surface area (Å²) >= 11 is 0. The molecule has 0 aliphatic carbocycles. The summed E-state index contributed by atoms with van der Waals surface area (Å²) in [5, 5.41) is 0. The Kier molecular flexibility index (Phi) is 4.57. The normalized spacial score (nSPS) is 14.6. The number of aromatic nitrogens is 2. The van der Waals surface area contributed by atoms with E-state index in [9.17, 15) is 0 Å². The van der Waals surface area contributed by atoms with Gasteiger partial charge in [-0.05, 0) is 38.5 Å². The van der Waals surface area contributed by atoms with Crippen LogP contribution in [0.15, 0.2) is 18.2 Å². The van der Waals surface area contributed by atoms with Crippen LogP contribution in [-0.2, 0) is 19.6 Å². The van der Waals surface area contributed by atoms with Crippen molar-refractivity contribution in [1.29, 1.82) is 0 Å². The molecule has 1 aliphatic rings. The first-order valence-electron chi connectivity index (χ1n) is 8.17. The molecule has 5 nitrogen and oxygen atoms in total. The van der Waals surface area contributed by atoms with Crippen molar-refractivity contribution in [2.45, 2.75) is 40.4 Å². The Balaban J connectivity index is 1.74. The molecule has 0 N–H and O–H groups in total. The fourth-order valence-corrected chi connectivity index (χ4v) is 3.14. The second-order valence-corrected chi connectivity index (χ2v) is 5.98. The predicted molar refractivity (Wildman–Crippen MR) is 90.0 cm³/mol. The van der Waals surface area contributed by atoms with Gasteiger partial charge in [0.1, 0.15) is 5.82 Å². The molecule has 0 saturated carbocycles. The maximum absolute atomic E-state index is 5.67. The van der Waals surface area contributed by atoms with E-state index in [0.29, 0.717) is 6.61 Å². The summed E-state index contributed by atoms with van der Waals surface area (Å²) in [6.07, 6.45) is 0. The molecule has 3 rings (SSSR count). The molecule has 2 aromatic rings. The number of hydrogen-bond donors (Lipinski definition) is 0. The highest BCUT2D eigenvalue weighted by molar-refractivity contribution is 5.43. The van der Waals surface area contributed by atoms with E-state index in [2.05, 4.69) is 35.4 Å². The molecule has 1 aliphatic heterocycles. The number of methoxy groups -OCH3 is 1. The number of aryl methyl sites for hydroxylation is 1. The fourth-order valence-electron chi connectivity index (χ4n) is 3.14. The van der Waals surface area contributed by atoms with E-state index in [4.69, 9.17) is 14.5 Å². The Bertz CT molecular complexity index is 694. The molecule has 0 unspecified atom stereocenters. The van der Waals surface area contributed by atoms with Gasteiger partial charge in [0, 0.05) is 25.3 Å². The molecular formula is C18H25N3O2. The van der Waals surface area contributed by atoms with E-state index in [1.807, 2.05) is 13.0 Å². The van der Waals surface area contributed by atoms with Crippen LogP contribution in [0, 0.1) is 13.8 Å². The smallest absolute Gasteiger partial charge is 0.161 e. The van der Waals surface area contributed by atoms with E-state index in [1.165, 1.54) is 17.1 Å². The van der Waals surface area contributed by atoms with Gasteiger partial charge in [-0.1, -0.05) is 6.07 Å². The van der Waals surface area contributed by atoms with Gasteiger partial charge in [0.05, 0.1) is 26.0 Å². The lowest BCUT2D eigenvalue weighted by molar-refractivity contribution is 0.207. The maximum atomic E-state index is 5.67. The third-order valence-electron chi connectivity index (χ3n) is 4.48. The van der Waals surface area contributed by atoms with E-state index in [0.717, 1.165) is 43.4 Å². The molecule has 0 spiro atoms. The molecule has 1 aromatic carbocycles. The number of hydrogen-bond acceptors (Lipinski definition) is 4. The second kappa shape index (κ2) is 6.62. The van der Waals surface area contributed by atoms with Gasteiger partial charge in [0.15, 0.2) is 11.5 Å². The van der Waals surface area contributed by atoms with Gasteiger partial charge >= 0.3 is 0 Å². The van der Waals surface area contributed by atoms with Crippen molar-refractivity contribution in [1.82, 2.24) is 14.5 Å². The molecule has 1 aromatic heterocycles. The van der Waals surface area contributed by atoms with Gasteiger partial charge in [-0.3, -0.25) is 4.90 Å². The Hall–Kier alpha value is -2.01. The standard InChI is InChI=1S/C18H25N3O2/c1-5-23-17-10-15(6-7-16(17)22-4)11-20-8-9-21-14(3)13(2)19-18(21)12-20/h6-7,10H,5,8-9,11-12H2,1-4H3. The van der Waals surface area contributed by atoms with Crippen LogP contribution in [0.2, 0.25) is 0 Å². The molecule has 0 fully saturated rings. The van der Waals surface area contributed by atoms with Crippen molar-refractivity contribution in [2.75, 3.05) is 20.3 Å². The van der Waals surface area contributed by atoms with Crippen molar-refractivity contribution in [3.63, 3.8) is 0 Å². The van der Waals surface area contributed by atoms with Gasteiger partial charge in [-0.25, -0.2) is 4.98 Å². The molecule has 0 amide bonds. The average Bonchev–Trinajstić information content (AvgIpc) is 2.82. The zero-order valence-corrected chi connectivity index (χ0v) is 14.4. The quantitative estimate of drug-likeness (QED) is 0.850. The zero-order valence-electron chi connectivity index (χ0n) is 14.4. The van der Waals surface area contributed by atoms with Crippen LogP contribution in [0.4, 0.5) is 0 Å². The molecular weight excluding hydrogens is 290 g/mol. The van der Waals surface area contributed by atoms with Crippen molar-refractivity contribution in [3.8, 4) is 11.5 Å².